The summed E-state index contributed by atoms with van der Waals surface area (Å²) in [7, 11) is 0. The van der Waals surface area contributed by atoms with Crippen LogP contribution >= 0.6 is 0 Å². The van der Waals surface area contributed by atoms with Crippen molar-refractivity contribution in [3.05, 3.63) is 17.5 Å². The first-order valence-corrected chi connectivity index (χ1v) is 6.12. The van der Waals surface area contributed by atoms with Gasteiger partial charge >= 0.3 is 12.4 Å². The number of carbonyl (C=O) groups is 1. The van der Waals surface area contributed by atoms with E-state index >= 15 is 0 Å². The number of nitrogens with zero attached hydrogens (tertiary/aromatic N) is 4. The summed E-state index contributed by atoms with van der Waals surface area (Å²) in [6.45, 7) is 0.274. The van der Waals surface area contributed by atoms with E-state index in [0.29, 0.717) is 17.0 Å². The summed E-state index contributed by atoms with van der Waals surface area (Å²) >= 11 is 0. The highest BCUT2D eigenvalue weighted by atomic mass is 19.4. The molecular weight excluding hydrogens is 334 g/mol. The molecule has 1 aliphatic heterocycles. The molecule has 1 aromatic heterocycles. The van der Waals surface area contributed by atoms with Gasteiger partial charge in [-0.2, -0.15) is 41.6 Å². The Bertz CT molecular complexity index is 650. The van der Waals surface area contributed by atoms with Gasteiger partial charge in [0.05, 0.1) is 0 Å². The van der Waals surface area contributed by atoms with Gasteiger partial charge in [-0.3, -0.25) is 9.48 Å². The fourth-order valence-corrected chi connectivity index (χ4v) is 1.94. The van der Waals surface area contributed by atoms with Gasteiger partial charge in [-0.25, -0.2) is 0 Å². The molecule has 1 aromatic rings. The smallest absolute Gasteiger partial charge is 0.362 e. The molecule has 0 radical (unpaired) electrons. The number of hydrogen-bond donors (Lipinski definition) is 1. The minimum atomic E-state index is -5.17. The number of aryl methyl sites for hydroxylation is 1. The Morgan fingerprint density at radius 2 is 1.96 bits per heavy atom. The number of alkyl halides is 6. The van der Waals surface area contributed by atoms with E-state index in [4.69, 9.17) is 0 Å². The van der Waals surface area contributed by atoms with Crippen molar-refractivity contribution in [2.24, 2.45) is 5.10 Å². The number of hydrogen-bond acceptors (Lipinski definition) is 4. The number of rotatable bonds is 2. The van der Waals surface area contributed by atoms with Crippen LogP contribution < -0.4 is 0 Å². The topological polar surface area (TPSA) is 70.7 Å². The van der Waals surface area contributed by atoms with Crippen molar-refractivity contribution in [3.63, 3.8) is 0 Å². The van der Waals surface area contributed by atoms with Crippen LogP contribution in [-0.4, -0.2) is 43.9 Å². The van der Waals surface area contributed by atoms with Crippen LogP contribution in [-0.2, 0) is 17.5 Å². The average molecular weight is 344 g/mol. The zero-order chi connectivity index (χ0) is 17.6. The van der Waals surface area contributed by atoms with Gasteiger partial charge in [0.15, 0.2) is 5.69 Å². The lowest BCUT2D eigenvalue weighted by molar-refractivity contribution is -0.302. The van der Waals surface area contributed by atoms with E-state index in [1.54, 1.807) is 0 Å². The third kappa shape index (κ3) is 3.02. The van der Waals surface area contributed by atoms with Crippen LogP contribution in [0.2, 0.25) is 0 Å². The lowest BCUT2D eigenvalue weighted by atomic mass is 10.1. The lowest BCUT2D eigenvalue weighted by Crippen LogP contribution is -2.57. The van der Waals surface area contributed by atoms with Crippen molar-refractivity contribution in [2.45, 2.75) is 38.0 Å². The molecule has 1 aliphatic rings. The fourth-order valence-electron chi connectivity index (χ4n) is 1.94. The third-order valence-corrected chi connectivity index (χ3v) is 3.17. The van der Waals surface area contributed by atoms with Crippen LogP contribution in [0.1, 0.15) is 17.8 Å². The molecule has 12 heteroatoms. The van der Waals surface area contributed by atoms with Gasteiger partial charge in [0.2, 0.25) is 0 Å². The van der Waals surface area contributed by atoms with Crippen LogP contribution in [0.4, 0.5) is 26.3 Å². The molecule has 1 atom stereocenters. The van der Waals surface area contributed by atoms with Gasteiger partial charge < -0.3 is 5.11 Å². The van der Waals surface area contributed by atoms with Gasteiger partial charge in [0, 0.05) is 18.3 Å². The average Bonchev–Trinajstić information content (AvgIpc) is 2.93. The Morgan fingerprint density at radius 3 is 2.43 bits per heavy atom. The standard InChI is InChI=1S/C11H10F6N4O2/c1-6-4-7(10(12,13)14)19-20(6)5-8(22)21-9(23,2-3-18-21)11(15,16)17/h3-4,23H,2,5H2,1H3. The molecule has 23 heavy (non-hydrogen) atoms. The summed E-state index contributed by atoms with van der Waals surface area (Å²) in [6.07, 6.45) is -10.2. The monoisotopic (exact) mass is 344 g/mol. The molecule has 1 N–H and O–H groups in total. The molecule has 0 saturated heterocycles. The Morgan fingerprint density at radius 1 is 1.35 bits per heavy atom. The molecule has 0 spiro atoms. The number of amides is 1. The van der Waals surface area contributed by atoms with E-state index in [0.717, 1.165) is 0 Å². The highest BCUT2D eigenvalue weighted by Gasteiger charge is 2.61. The second-order valence-electron chi connectivity index (χ2n) is 4.85. The number of carbonyl (C=O) groups excluding carboxylic acids is 1. The first kappa shape index (κ1) is 17.2. The largest absolute Gasteiger partial charge is 0.438 e. The summed E-state index contributed by atoms with van der Waals surface area (Å²) in [5, 5.41) is 15.7. The molecule has 0 saturated carbocycles. The normalized spacial score (nSPS) is 22.0. The van der Waals surface area contributed by atoms with Gasteiger partial charge in [-0.1, -0.05) is 0 Å². The second kappa shape index (κ2) is 5.22. The van der Waals surface area contributed by atoms with Gasteiger partial charge in [0.1, 0.15) is 6.54 Å². The summed E-state index contributed by atoms with van der Waals surface area (Å²) in [5.41, 5.74) is -4.87. The maximum atomic E-state index is 12.8. The van der Waals surface area contributed by atoms with Gasteiger partial charge in [0.25, 0.3) is 11.6 Å². The summed E-state index contributed by atoms with van der Waals surface area (Å²) in [4.78, 5) is 11.9. The minimum Gasteiger partial charge on any atom is -0.362 e. The predicted octanol–water partition coefficient (Wildman–Crippen LogP) is 1.68. The van der Waals surface area contributed by atoms with Gasteiger partial charge in [-0.15, -0.1) is 0 Å². The summed E-state index contributed by atoms with van der Waals surface area (Å²) in [5.74, 6) is -1.35. The van der Waals surface area contributed by atoms with E-state index in [2.05, 4.69) is 10.2 Å². The Balaban J connectivity index is 2.23. The molecule has 1 amide bonds. The first-order chi connectivity index (χ1) is 10.4. The molecule has 0 aromatic carbocycles. The number of aliphatic hydroxyl groups is 1. The van der Waals surface area contributed by atoms with E-state index < -0.39 is 42.6 Å². The Hall–Kier alpha value is -2.11. The zero-order valence-corrected chi connectivity index (χ0v) is 11.5. The Kier molecular flexibility index (Phi) is 3.91. The molecule has 2 heterocycles. The lowest BCUT2D eigenvalue weighted by Gasteiger charge is -2.32. The van der Waals surface area contributed by atoms with Gasteiger partial charge in [-0.05, 0) is 13.0 Å². The number of hydrazone groups is 1. The highest BCUT2D eigenvalue weighted by molar-refractivity contribution is 5.80. The van der Waals surface area contributed by atoms with Crippen molar-refractivity contribution in [1.29, 1.82) is 0 Å². The molecule has 0 aliphatic carbocycles. The van der Waals surface area contributed by atoms with E-state index in [-0.39, 0.29) is 10.7 Å². The van der Waals surface area contributed by atoms with Crippen molar-refractivity contribution in [3.8, 4) is 0 Å². The molecule has 2 rings (SSSR count). The van der Waals surface area contributed by atoms with Crippen LogP contribution in [0.3, 0.4) is 0 Å². The van der Waals surface area contributed by atoms with Crippen LogP contribution in [0, 0.1) is 6.92 Å². The molecule has 0 bridgehead atoms. The fraction of sp³-hybridized carbons (Fsp3) is 0.545. The molecule has 0 fully saturated rings. The minimum absolute atomic E-state index is 0.0793. The maximum Gasteiger partial charge on any atom is 0.438 e. The van der Waals surface area contributed by atoms with Crippen molar-refractivity contribution >= 4 is 12.1 Å². The highest BCUT2D eigenvalue weighted by Crippen LogP contribution is 2.38. The SMILES string of the molecule is Cc1cc(C(F)(F)F)nn1CC(=O)N1N=CCC1(O)C(F)(F)F. The van der Waals surface area contributed by atoms with Crippen LogP contribution in [0.25, 0.3) is 0 Å². The molecule has 6 nitrogen and oxygen atoms in total. The van der Waals surface area contributed by atoms with E-state index in [9.17, 15) is 36.2 Å². The number of aromatic nitrogens is 2. The molecule has 1 unspecified atom stereocenters. The Labute approximate surface area is 125 Å². The van der Waals surface area contributed by atoms with Crippen LogP contribution in [0.5, 0.6) is 0 Å². The van der Waals surface area contributed by atoms with Crippen molar-refractivity contribution in [2.75, 3.05) is 0 Å². The van der Waals surface area contributed by atoms with E-state index in [1.165, 1.54) is 6.92 Å². The second-order valence-corrected chi connectivity index (χ2v) is 4.85. The predicted molar refractivity (Wildman–Crippen MR) is 62.9 cm³/mol. The quantitative estimate of drug-likeness (QED) is 0.830. The third-order valence-electron chi connectivity index (χ3n) is 3.17. The zero-order valence-electron chi connectivity index (χ0n) is 11.5. The van der Waals surface area contributed by atoms with Crippen LogP contribution in [0.15, 0.2) is 11.2 Å². The van der Waals surface area contributed by atoms with E-state index in [1.807, 2.05) is 0 Å². The summed E-state index contributed by atoms with van der Waals surface area (Å²) < 4.78 is 76.7. The maximum absolute atomic E-state index is 12.8. The number of halogens is 6. The summed E-state index contributed by atoms with van der Waals surface area (Å²) in [6, 6.07) is 0.649. The first-order valence-electron chi connectivity index (χ1n) is 6.12. The van der Waals surface area contributed by atoms with Crippen molar-refractivity contribution in [1.82, 2.24) is 14.8 Å². The molecule has 128 valence electrons. The van der Waals surface area contributed by atoms with Crippen molar-refractivity contribution < 1.29 is 36.2 Å². The molecular formula is C11H10F6N4O2.